The molecule has 3 heteroatoms. The number of fused-ring (bicyclic) bond motifs is 4. The van der Waals surface area contributed by atoms with Crippen LogP contribution in [0.5, 0.6) is 0 Å². The van der Waals surface area contributed by atoms with Gasteiger partial charge in [0.1, 0.15) is 11.3 Å². The van der Waals surface area contributed by atoms with Crippen LogP contribution >= 0.6 is 0 Å². The van der Waals surface area contributed by atoms with Gasteiger partial charge in [0.25, 0.3) is 0 Å². The minimum atomic E-state index is 0.658. The molecule has 2 aromatic heterocycles. The van der Waals surface area contributed by atoms with Gasteiger partial charge in [-0.15, -0.1) is 0 Å². The first-order valence-corrected chi connectivity index (χ1v) is 8.11. The van der Waals surface area contributed by atoms with Crippen molar-refractivity contribution < 1.29 is 4.42 Å². The van der Waals surface area contributed by atoms with Crippen LogP contribution < -0.4 is 0 Å². The summed E-state index contributed by atoms with van der Waals surface area (Å²) >= 11 is 0. The fraction of sp³-hybridized carbons (Fsp3) is 0.0952. The summed E-state index contributed by atoms with van der Waals surface area (Å²) in [4.78, 5) is 4.89. The van der Waals surface area contributed by atoms with Crippen LogP contribution in [0.15, 0.2) is 76.3 Å². The minimum absolute atomic E-state index is 0.658. The Balaban J connectivity index is 1.75. The molecular weight excluding hydrogens is 296 g/mol. The fourth-order valence-corrected chi connectivity index (χ4v) is 3.51. The molecule has 4 aromatic rings. The second-order valence-corrected chi connectivity index (χ2v) is 6.16. The van der Waals surface area contributed by atoms with Crippen molar-refractivity contribution in [2.24, 2.45) is 4.99 Å². The molecular formula is C21H16N2O. The quantitative estimate of drug-likeness (QED) is 0.492. The molecule has 0 radical (unpaired) electrons. The molecule has 0 spiro atoms. The van der Waals surface area contributed by atoms with Crippen LogP contribution in [-0.2, 0) is 6.54 Å². The van der Waals surface area contributed by atoms with E-state index < -0.39 is 0 Å². The highest BCUT2D eigenvalue weighted by atomic mass is 16.3. The average molecular weight is 312 g/mol. The van der Waals surface area contributed by atoms with E-state index >= 15 is 0 Å². The second-order valence-electron chi connectivity index (χ2n) is 6.16. The van der Waals surface area contributed by atoms with Crippen LogP contribution in [0.4, 0.5) is 0 Å². The number of hydrogen-bond acceptors (Lipinski definition) is 2. The van der Waals surface area contributed by atoms with Crippen LogP contribution in [0.3, 0.4) is 0 Å². The predicted molar refractivity (Wildman–Crippen MR) is 96.1 cm³/mol. The summed E-state index contributed by atoms with van der Waals surface area (Å²) in [6, 6.07) is 20.7. The van der Waals surface area contributed by atoms with Crippen LogP contribution in [0.25, 0.3) is 16.7 Å². The van der Waals surface area contributed by atoms with E-state index in [0.29, 0.717) is 6.54 Å². The van der Waals surface area contributed by atoms with E-state index in [1.807, 2.05) is 18.2 Å². The van der Waals surface area contributed by atoms with Crippen LogP contribution in [0.2, 0.25) is 0 Å². The topological polar surface area (TPSA) is 30.4 Å². The zero-order valence-electron chi connectivity index (χ0n) is 13.4. The summed E-state index contributed by atoms with van der Waals surface area (Å²) in [5, 5.41) is 1.10. The smallest absolute Gasteiger partial charge is 0.155 e. The van der Waals surface area contributed by atoms with E-state index in [0.717, 1.165) is 28.1 Å². The highest BCUT2D eigenvalue weighted by molar-refractivity contribution is 6.12. The lowest BCUT2D eigenvalue weighted by molar-refractivity contribution is 0.604. The molecule has 116 valence electrons. The first kappa shape index (κ1) is 13.4. The first-order valence-electron chi connectivity index (χ1n) is 8.11. The van der Waals surface area contributed by atoms with Gasteiger partial charge in [0.05, 0.1) is 17.9 Å². The van der Waals surface area contributed by atoms with Gasteiger partial charge in [-0.3, -0.25) is 4.99 Å². The Hall–Kier alpha value is -3.07. The molecule has 0 atom stereocenters. The van der Waals surface area contributed by atoms with E-state index in [2.05, 4.69) is 60.2 Å². The minimum Gasteiger partial charge on any atom is -0.454 e. The Morgan fingerprint density at radius 3 is 2.83 bits per heavy atom. The number of rotatable bonds is 1. The van der Waals surface area contributed by atoms with E-state index in [-0.39, 0.29) is 0 Å². The summed E-state index contributed by atoms with van der Waals surface area (Å²) in [6.45, 7) is 2.81. The zero-order valence-corrected chi connectivity index (χ0v) is 13.4. The van der Waals surface area contributed by atoms with Gasteiger partial charge in [-0.05, 0) is 42.3 Å². The number of aliphatic imine (C=N–C) groups is 1. The maximum absolute atomic E-state index is 6.07. The summed E-state index contributed by atoms with van der Waals surface area (Å²) in [5.41, 5.74) is 6.59. The lowest BCUT2D eigenvalue weighted by atomic mass is 10.1. The average Bonchev–Trinajstić information content (AvgIpc) is 3.19. The number of aryl methyl sites for hydroxylation is 1. The number of nitrogens with zero attached hydrogens (tertiary/aromatic N) is 2. The largest absolute Gasteiger partial charge is 0.454 e. The Labute approximate surface area is 139 Å². The Kier molecular flexibility index (Phi) is 2.77. The molecule has 24 heavy (non-hydrogen) atoms. The van der Waals surface area contributed by atoms with Gasteiger partial charge in [-0.2, -0.15) is 0 Å². The van der Waals surface area contributed by atoms with Gasteiger partial charge >= 0.3 is 0 Å². The lowest BCUT2D eigenvalue weighted by Crippen LogP contribution is -2.08. The van der Waals surface area contributed by atoms with Crippen molar-refractivity contribution in [3.8, 4) is 5.69 Å². The van der Waals surface area contributed by atoms with Crippen LogP contribution in [0, 0.1) is 6.92 Å². The zero-order chi connectivity index (χ0) is 16.1. The summed E-state index contributed by atoms with van der Waals surface area (Å²) in [7, 11) is 0. The van der Waals surface area contributed by atoms with Crippen LogP contribution in [0.1, 0.15) is 22.6 Å². The third-order valence-electron chi connectivity index (χ3n) is 4.62. The second kappa shape index (κ2) is 4.96. The van der Waals surface area contributed by atoms with Crippen molar-refractivity contribution in [1.82, 2.24) is 4.57 Å². The van der Waals surface area contributed by atoms with Gasteiger partial charge in [-0.25, -0.2) is 0 Å². The summed E-state index contributed by atoms with van der Waals surface area (Å²) in [6.07, 6.45) is 2.10. The Morgan fingerprint density at radius 1 is 1.00 bits per heavy atom. The van der Waals surface area contributed by atoms with E-state index in [9.17, 15) is 0 Å². The van der Waals surface area contributed by atoms with Crippen molar-refractivity contribution in [3.05, 3.63) is 89.4 Å². The van der Waals surface area contributed by atoms with Gasteiger partial charge in [0.15, 0.2) is 5.76 Å². The van der Waals surface area contributed by atoms with E-state index in [1.165, 1.54) is 16.8 Å². The molecule has 1 aliphatic rings. The summed E-state index contributed by atoms with van der Waals surface area (Å²) in [5.74, 6) is 0.821. The third-order valence-corrected chi connectivity index (χ3v) is 4.62. The lowest BCUT2D eigenvalue weighted by Gasteiger charge is -2.13. The Bertz CT molecular complexity index is 1060. The van der Waals surface area contributed by atoms with Crippen molar-refractivity contribution in [3.63, 3.8) is 0 Å². The highest BCUT2D eigenvalue weighted by Crippen LogP contribution is 2.29. The molecule has 3 heterocycles. The normalized spacial score (nSPS) is 13.3. The fourth-order valence-electron chi connectivity index (χ4n) is 3.51. The molecule has 0 amide bonds. The predicted octanol–water partition coefficient (Wildman–Crippen LogP) is 4.88. The first-order chi connectivity index (χ1) is 11.8. The van der Waals surface area contributed by atoms with E-state index in [1.54, 1.807) is 0 Å². The number of hydrogen-bond donors (Lipinski definition) is 0. The Morgan fingerprint density at radius 2 is 1.92 bits per heavy atom. The number of para-hydroxylation sites is 2. The van der Waals surface area contributed by atoms with Crippen LogP contribution in [-0.4, -0.2) is 10.3 Å². The molecule has 0 saturated carbocycles. The molecule has 0 fully saturated rings. The monoisotopic (exact) mass is 312 g/mol. The van der Waals surface area contributed by atoms with E-state index in [4.69, 9.17) is 9.41 Å². The molecule has 0 N–H and O–H groups in total. The van der Waals surface area contributed by atoms with Gasteiger partial charge in [-0.1, -0.05) is 36.4 Å². The van der Waals surface area contributed by atoms with Gasteiger partial charge in [0.2, 0.25) is 0 Å². The molecule has 1 aliphatic heterocycles. The molecule has 2 aromatic carbocycles. The van der Waals surface area contributed by atoms with Crippen molar-refractivity contribution in [1.29, 1.82) is 0 Å². The number of furan rings is 1. The number of aromatic nitrogens is 1. The SMILES string of the molecule is Cc1cccc2c1-n1cccc1C(c1cc3ccccc3o1)=NC2. The van der Waals surface area contributed by atoms with Crippen molar-refractivity contribution >= 4 is 16.7 Å². The molecule has 0 bridgehead atoms. The highest BCUT2D eigenvalue weighted by Gasteiger charge is 2.21. The summed E-state index contributed by atoms with van der Waals surface area (Å²) < 4.78 is 8.30. The van der Waals surface area contributed by atoms with Crippen molar-refractivity contribution in [2.75, 3.05) is 0 Å². The maximum atomic E-state index is 6.07. The standard InChI is InChI=1S/C21H16N2O/c1-14-6-4-8-16-13-22-20(17-9-5-11-23(17)21(14)16)19-12-15-7-2-3-10-18(15)24-19/h2-12H,13H2,1H3. The van der Waals surface area contributed by atoms with Gasteiger partial charge in [0, 0.05) is 11.6 Å². The molecule has 0 saturated heterocycles. The molecule has 0 unspecified atom stereocenters. The molecule has 0 aliphatic carbocycles. The molecule has 5 rings (SSSR count). The number of benzene rings is 2. The maximum Gasteiger partial charge on any atom is 0.155 e. The van der Waals surface area contributed by atoms with Gasteiger partial charge < -0.3 is 8.98 Å². The molecule has 3 nitrogen and oxygen atoms in total. The van der Waals surface area contributed by atoms with Crippen molar-refractivity contribution in [2.45, 2.75) is 13.5 Å². The third kappa shape index (κ3) is 1.88.